The summed E-state index contributed by atoms with van der Waals surface area (Å²) in [5, 5.41) is 2.11. The predicted octanol–water partition coefficient (Wildman–Crippen LogP) is 2.21. The van der Waals surface area contributed by atoms with Gasteiger partial charge in [0.05, 0.1) is 11.5 Å². The highest BCUT2D eigenvalue weighted by molar-refractivity contribution is 6.08. The second kappa shape index (κ2) is 5.91. The molecule has 4 rings (SSSR count). The van der Waals surface area contributed by atoms with Crippen LogP contribution in [0.15, 0.2) is 30.3 Å². The number of esters is 1. The highest BCUT2D eigenvalue weighted by Gasteiger charge is 2.25. The van der Waals surface area contributed by atoms with Gasteiger partial charge in [0.25, 0.3) is 0 Å². The quantitative estimate of drug-likeness (QED) is 0.879. The van der Waals surface area contributed by atoms with E-state index in [-0.39, 0.29) is 17.8 Å². The van der Waals surface area contributed by atoms with Crippen LogP contribution in [0.3, 0.4) is 0 Å². The molecule has 2 heterocycles. The van der Waals surface area contributed by atoms with Crippen LogP contribution in [-0.4, -0.2) is 29.9 Å². The van der Waals surface area contributed by atoms with Gasteiger partial charge in [0.15, 0.2) is 0 Å². The number of hydrogen-bond acceptors (Lipinski definition) is 4. The molecule has 1 fully saturated rings. The number of nitrogens with zero attached hydrogens (tertiary/aromatic N) is 1. The molecule has 0 bridgehead atoms. The third-order valence-electron chi connectivity index (χ3n) is 5.10. The smallest absolute Gasteiger partial charge is 0.339 e. The van der Waals surface area contributed by atoms with Gasteiger partial charge < -0.3 is 10.5 Å². The minimum absolute atomic E-state index is 0.0614. The van der Waals surface area contributed by atoms with E-state index in [0.29, 0.717) is 18.7 Å². The lowest BCUT2D eigenvalue weighted by atomic mass is 9.93. The number of cyclic esters (lactones) is 1. The van der Waals surface area contributed by atoms with E-state index < -0.39 is 0 Å². The second-order valence-electron chi connectivity index (χ2n) is 6.66. The van der Waals surface area contributed by atoms with Crippen molar-refractivity contribution in [3.63, 3.8) is 0 Å². The highest BCUT2D eigenvalue weighted by Crippen LogP contribution is 2.32. The van der Waals surface area contributed by atoms with Gasteiger partial charge in [0.1, 0.15) is 6.61 Å². The molecule has 2 aromatic carbocycles. The van der Waals surface area contributed by atoms with Crippen molar-refractivity contribution in [2.75, 3.05) is 13.1 Å². The molecule has 124 valence electrons. The minimum atomic E-state index is -0.253. The monoisotopic (exact) mass is 324 g/mol. The molecule has 1 saturated heterocycles. The molecule has 5 heteroatoms. The number of carbonyl (C=O) groups is 2. The maximum atomic E-state index is 12.0. The molecule has 5 nitrogen and oxygen atoms in total. The molecule has 1 unspecified atom stereocenters. The van der Waals surface area contributed by atoms with E-state index in [0.717, 1.165) is 42.3 Å². The van der Waals surface area contributed by atoms with Crippen molar-refractivity contribution in [3.8, 4) is 0 Å². The number of likely N-dealkylation sites (tertiary alicyclic amines) is 1. The van der Waals surface area contributed by atoms with Crippen LogP contribution >= 0.6 is 0 Å². The maximum absolute atomic E-state index is 12.0. The molecule has 0 aromatic heterocycles. The van der Waals surface area contributed by atoms with E-state index in [1.54, 1.807) is 0 Å². The Kier molecular flexibility index (Phi) is 3.73. The minimum Gasteiger partial charge on any atom is -0.457 e. The van der Waals surface area contributed by atoms with Crippen LogP contribution in [0.1, 0.15) is 34.3 Å². The van der Waals surface area contributed by atoms with Gasteiger partial charge in [-0.05, 0) is 42.0 Å². The molecule has 0 radical (unpaired) electrons. The van der Waals surface area contributed by atoms with E-state index in [1.807, 2.05) is 18.2 Å². The highest BCUT2D eigenvalue weighted by atomic mass is 16.5. The van der Waals surface area contributed by atoms with E-state index in [1.165, 1.54) is 5.56 Å². The number of carbonyl (C=O) groups excluding carboxylic acids is 2. The molecule has 0 spiro atoms. The average molecular weight is 324 g/mol. The summed E-state index contributed by atoms with van der Waals surface area (Å²) < 4.78 is 5.22. The molecule has 2 N–H and O–H groups in total. The number of hydrogen-bond donors (Lipinski definition) is 1. The largest absolute Gasteiger partial charge is 0.457 e. The normalized spacial score (nSPS) is 20.8. The maximum Gasteiger partial charge on any atom is 0.339 e. The van der Waals surface area contributed by atoms with E-state index in [4.69, 9.17) is 10.5 Å². The van der Waals surface area contributed by atoms with Crippen molar-refractivity contribution in [1.29, 1.82) is 0 Å². The first-order chi connectivity index (χ1) is 11.6. The predicted molar refractivity (Wildman–Crippen MR) is 90.3 cm³/mol. The standard InChI is InChI=1S/C19H20N2O3/c20-18(22)13-3-2-8-21(10-13)9-12-6-7-14-11-24-19(23)16-5-1-4-15(12)17(14)16/h1,4-7,13H,2-3,8-11H2,(H2,20,22). The van der Waals surface area contributed by atoms with Gasteiger partial charge in [-0.15, -0.1) is 0 Å². The van der Waals surface area contributed by atoms with E-state index in [9.17, 15) is 9.59 Å². The van der Waals surface area contributed by atoms with Gasteiger partial charge in [-0.1, -0.05) is 24.3 Å². The lowest BCUT2D eigenvalue weighted by molar-refractivity contribution is -0.123. The first-order valence-electron chi connectivity index (χ1n) is 8.36. The van der Waals surface area contributed by atoms with Crippen LogP contribution in [0.2, 0.25) is 0 Å². The van der Waals surface area contributed by atoms with Crippen LogP contribution in [0, 0.1) is 5.92 Å². The van der Waals surface area contributed by atoms with E-state index >= 15 is 0 Å². The van der Waals surface area contributed by atoms with Gasteiger partial charge >= 0.3 is 5.97 Å². The Balaban J connectivity index is 1.69. The zero-order valence-electron chi connectivity index (χ0n) is 13.5. The molecular weight excluding hydrogens is 304 g/mol. The summed E-state index contributed by atoms with van der Waals surface area (Å²) in [6.45, 7) is 2.77. The average Bonchev–Trinajstić information content (AvgIpc) is 2.60. The van der Waals surface area contributed by atoms with E-state index in [2.05, 4.69) is 17.0 Å². The fourth-order valence-corrected chi connectivity index (χ4v) is 3.86. The number of rotatable bonds is 3. The van der Waals surface area contributed by atoms with Crippen molar-refractivity contribution in [1.82, 2.24) is 4.90 Å². The number of piperidine rings is 1. The number of nitrogens with two attached hydrogens (primary N) is 1. The van der Waals surface area contributed by atoms with Gasteiger partial charge in [0.2, 0.25) is 5.91 Å². The summed E-state index contributed by atoms with van der Waals surface area (Å²) in [4.78, 5) is 25.8. The van der Waals surface area contributed by atoms with Gasteiger partial charge in [-0.2, -0.15) is 0 Å². The van der Waals surface area contributed by atoms with Gasteiger partial charge in [0, 0.05) is 18.5 Å². The lowest BCUT2D eigenvalue weighted by Crippen LogP contribution is -2.40. The molecule has 2 aliphatic heterocycles. The zero-order chi connectivity index (χ0) is 16.7. The first kappa shape index (κ1) is 15.1. The Bertz CT molecular complexity index is 831. The number of primary amides is 1. The van der Waals surface area contributed by atoms with Crippen molar-refractivity contribution in [2.45, 2.75) is 26.0 Å². The van der Waals surface area contributed by atoms with Gasteiger partial charge in [-0.25, -0.2) is 4.79 Å². The lowest BCUT2D eigenvalue weighted by Gasteiger charge is -2.31. The molecular formula is C19H20N2O3. The molecule has 0 saturated carbocycles. The summed E-state index contributed by atoms with van der Waals surface area (Å²) >= 11 is 0. The number of benzene rings is 2. The van der Waals surface area contributed by atoms with Crippen LogP contribution in [0.4, 0.5) is 0 Å². The molecule has 2 aromatic rings. The van der Waals surface area contributed by atoms with Crippen LogP contribution in [0.5, 0.6) is 0 Å². The van der Waals surface area contributed by atoms with Crippen molar-refractivity contribution in [2.24, 2.45) is 11.7 Å². The topological polar surface area (TPSA) is 72.6 Å². The van der Waals surface area contributed by atoms with Crippen molar-refractivity contribution in [3.05, 3.63) is 47.0 Å². The molecule has 1 amide bonds. The third kappa shape index (κ3) is 2.55. The third-order valence-corrected chi connectivity index (χ3v) is 5.10. The number of amides is 1. The Morgan fingerprint density at radius 2 is 2.17 bits per heavy atom. The SMILES string of the molecule is NC(=O)C1CCCN(Cc2ccc3c4c(cccc24)C(=O)OC3)C1. The van der Waals surface area contributed by atoms with Gasteiger partial charge in [-0.3, -0.25) is 9.69 Å². The van der Waals surface area contributed by atoms with Crippen LogP contribution < -0.4 is 5.73 Å². The number of ether oxygens (including phenoxy) is 1. The fraction of sp³-hybridized carbons (Fsp3) is 0.368. The zero-order valence-corrected chi connectivity index (χ0v) is 13.5. The summed E-state index contributed by atoms with van der Waals surface area (Å²) in [7, 11) is 0. The summed E-state index contributed by atoms with van der Waals surface area (Å²) in [6, 6.07) is 9.93. The Labute approximate surface area is 140 Å². The fourth-order valence-electron chi connectivity index (χ4n) is 3.86. The Morgan fingerprint density at radius 1 is 1.29 bits per heavy atom. The summed E-state index contributed by atoms with van der Waals surface area (Å²) in [5.74, 6) is -0.523. The molecule has 1 atom stereocenters. The first-order valence-corrected chi connectivity index (χ1v) is 8.36. The summed E-state index contributed by atoms with van der Waals surface area (Å²) in [5.41, 5.74) is 8.35. The molecule has 0 aliphatic carbocycles. The Morgan fingerprint density at radius 3 is 3.00 bits per heavy atom. The summed E-state index contributed by atoms with van der Waals surface area (Å²) in [6.07, 6.45) is 1.86. The van der Waals surface area contributed by atoms with Crippen molar-refractivity contribution >= 4 is 22.6 Å². The van der Waals surface area contributed by atoms with Crippen LogP contribution in [-0.2, 0) is 22.7 Å². The molecule has 2 aliphatic rings. The molecule has 24 heavy (non-hydrogen) atoms. The van der Waals surface area contributed by atoms with Crippen molar-refractivity contribution < 1.29 is 14.3 Å². The Hall–Kier alpha value is -2.40. The van der Waals surface area contributed by atoms with Crippen LogP contribution in [0.25, 0.3) is 10.8 Å². The second-order valence-corrected chi connectivity index (χ2v) is 6.66.